The van der Waals surface area contributed by atoms with E-state index in [1.807, 2.05) is 24.0 Å². The van der Waals surface area contributed by atoms with Gasteiger partial charge in [-0.1, -0.05) is 129 Å². The maximum absolute atomic E-state index is 12.8. The number of carbonyl (C=O) groups is 1. The maximum atomic E-state index is 12.8. The molecule has 11 heteroatoms. The van der Waals surface area contributed by atoms with Gasteiger partial charge < -0.3 is 20.0 Å². The largest absolute Gasteiger partial charge is 0.405 e. The number of amides is 1. The molecular formula is C29H34Cl3N5O2Si. The lowest BCUT2D eigenvalue weighted by molar-refractivity contribution is -0.119. The van der Waals surface area contributed by atoms with Gasteiger partial charge in [-0.15, -0.1) is 0 Å². The molecule has 0 aromatic heterocycles. The van der Waals surface area contributed by atoms with Crippen molar-refractivity contribution >= 4 is 65.4 Å². The molecule has 3 heterocycles. The van der Waals surface area contributed by atoms with Gasteiger partial charge in [0.15, 0.2) is 5.66 Å². The van der Waals surface area contributed by atoms with E-state index >= 15 is 0 Å². The van der Waals surface area contributed by atoms with E-state index in [9.17, 15) is 4.79 Å². The van der Waals surface area contributed by atoms with Crippen LogP contribution in [0.5, 0.6) is 0 Å². The number of hydrogen-bond donors (Lipinski definition) is 3. The predicted octanol–water partition coefficient (Wildman–Crippen LogP) is 3.78. The standard InChI is InChI=1S/C29H34Cl3N5O2Si/c1-19-16-17-28-24(33-20(2)36-28)23(34-26(37(19)28)35-25(38)29(30,31)32)18-39-40(27(3,4)5,21-12-8-6-9-13-21)22-14-10-7-11-15-22/h6-17,19,23-24,33,36H,2,18H2,1,3-5H3,(H,34,35,38)/t19-,23-,24-,28+/m0/s1. The summed E-state index contributed by atoms with van der Waals surface area (Å²) in [7, 11) is -2.85. The number of rotatable bonds is 5. The lowest BCUT2D eigenvalue weighted by atomic mass is 9.93. The smallest absolute Gasteiger partial charge is 0.278 e. The average Bonchev–Trinajstić information content (AvgIpc) is 3.41. The maximum Gasteiger partial charge on any atom is 0.278 e. The average molecular weight is 619 g/mol. The van der Waals surface area contributed by atoms with Crippen LogP contribution in [0.15, 0.2) is 90.2 Å². The van der Waals surface area contributed by atoms with Gasteiger partial charge in [-0.3, -0.25) is 10.1 Å². The molecule has 0 bridgehead atoms. The van der Waals surface area contributed by atoms with Crippen molar-refractivity contribution in [3.8, 4) is 0 Å². The Kier molecular flexibility index (Phi) is 7.55. The van der Waals surface area contributed by atoms with Gasteiger partial charge in [-0.2, -0.15) is 0 Å². The van der Waals surface area contributed by atoms with Crippen molar-refractivity contribution in [2.75, 3.05) is 6.61 Å². The van der Waals surface area contributed by atoms with E-state index in [0.29, 0.717) is 11.8 Å². The van der Waals surface area contributed by atoms with E-state index in [1.54, 1.807) is 0 Å². The molecule has 1 amide bonds. The van der Waals surface area contributed by atoms with Crippen LogP contribution in [-0.2, 0) is 9.22 Å². The Labute approximate surface area is 251 Å². The Bertz CT molecular complexity index is 1300. The molecule has 1 saturated heterocycles. The second-order valence-corrected chi connectivity index (χ2v) is 18.1. The molecule has 3 aliphatic rings. The molecule has 40 heavy (non-hydrogen) atoms. The highest BCUT2D eigenvalue weighted by Gasteiger charge is 2.59. The van der Waals surface area contributed by atoms with Crippen LogP contribution in [0.2, 0.25) is 5.04 Å². The number of aliphatic imine (C=N–C) groups is 1. The van der Waals surface area contributed by atoms with Crippen molar-refractivity contribution in [3.63, 3.8) is 0 Å². The van der Waals surface area contributed by atoms with Crippen LogP contribution >= 0.6 is 34.8 Å². The van der Waals surface area contributed by atoms with Crippen molar-refractivity contribution in [1.82, 2.24) is 20.9 Å². The number of guanidine groups is 1. The minimum atomic E-state index is -2.85. The molecule has 4 atom stereocenters. The molecule has 212 valence electrons. The fourth-order valence-corrected chi connectivity index (χ4v) is 10.9. The third kappa shape index (κ3) is 4.84. The third-order valence-corrected chi connectivity index (χ3v) is 13.4. The summed E-state index contributed by atoms with van der Waals surface area (Å²) in [6.07, 6.45) is 4.14. The normalized spacial score (nSPS) is 26.0. The van der Waals surface area contributed by atoms with Gasteiger partial charge in [-0.25, -0.2) is 4.99 Å². The van der Waals surface area contributed by atoms with Crippen LogP contribution in [0.4, 0.5) is 0 Å². The van der Waals surface area contributed by atoms with Crippen molar-refractivity contribution < 1.29 is 9.22 Å². The monoisotopic (exact) mass is 617 g/mol. The van der Waals surface area contributed by atoms with E-state index in [0.717, 1.165) is 0 Å². The van der Waals surface area contributed by atoms with Crippen LogP contribution in [0.1, 0.15) is 27.7 Å². The fraction of sp³-hybridized carbons (Fsp3) is 0.379. The Morgan fingerprint density at radius 3 is 2.20 bits per heavy atom. The van der Waals surface area contributed by atoms with Crippen molar-refractivity contribution in [2.24, 2.45) is 4.99 Å². The summed E-state index contributed by atoms with van der Waals surface area (Å²) in [5.74, 6) is 0.193. The summed E-state index contributed by atoms with van der Waals surface area (Å²) in [5.41, 5.74) is -0.728. The summed E-state index contributed by atoms with van der Waals surface area (Å²) in [4.78, 5) is 19.8. The Hall–Kier alpha value is -2.49. The van der Waals surface area contributed by atoms with Crippen LogP contribution in [0, 0.1) is 0 Å². The molecule has 1 spiro atoms. The zero-order valence-corrected chi connectivity index (χ0v) is 26.2. The highest BCUT2D eigenvalue weighted by atomic mass is 35.6. The molecule has 0 saturated carbocycles. The third-order valence-electron chi connectivity index (χ3n) is 7.86. The van der Waals surface area contributed by atoms with Gasteiger partial charge >= 0.3 is 0 Å². The summed E-state index contributed by atoms with van der Waals surface area (Å²) in [6, 6.07) is 20.2. The highest BCUT2D eigenvalue weighted by molar-refractivity contribution is 6.99. The van der Waals surface area contributed by atoms with Gasteiger partial charge in [0.25, 0.3) is 18.0 Å². The van der Waals surface area contributed by atoms with Crippen molar-refractivity contribution in [2.45, 2.75) is 60.3 Å². The molecule has 3 aliphatic heterocycles. The SMILES string of the molecule is C=C1N[C@H]2[C@H](CO[Si](c3ccccc3)(c3ccccc3)C(C)(C)C)N=C(NC(=O)C(Cl)(Cl)Cl)N3[C@@H](C)C=C[C@]23N1. The van der Waals surface area contributed by atoms with Crippen LogP contribution in [-0.4, -0.2) is 59.3 Å². The van der Waals surface area contributed by atoms with Crippen molar-refractivity contribution in [1.29, 1.82) is 0 Å². The molecule has 3 N–H and O–H groups in total. The zero-order chi connectivity index (χ0) is 28.9. The second-order valence-electron chi connectivity index (χ2n) is 11.5. The topological polar surface area (TPSA) is 78.0 Å². The highest BCUT2D eigenvalue weighted by Crippen LogP contribution is 2.41. The second kappa shape index (κ2) is 10.4. The van der Waals surface area contributed by atoms with E-state index in [4.69, 9.17) is 44.2 Å². The lowest BCUT2D eigenvalue weighted by Gasteiger charge is -2.49. The minimum Gasteiger partial charge on any atom is -0.405 e. The van der Waals surface area contributed by atoms with E-state index < -0.39 is 29.7 Å². The zero-order valence-electron chi connectivity index (χ0n) is 22.9. The van der Waals surface area contributed by atoms with Gasteiger partial charge in [0, 0.05) is 0 Å². The van der Waals surface area contributed by atoms with Crippen LogP contribution in [0.25, 0.3) is 0 Å². The molecule has 2 aromatic carbocycles. The van der Waals surface area contributed by atoms with Gasteiger partial charge in [0.2, 0.25) is 5.96 Å². The first-order valence-corrected chi connectivity index (χ1v) is 16.3. The number of alkyl halides is 3. The molecule has 7 nitrogen and oxygen atoms in total. The first-order valence-electron chi connectivity index (χ1n) is 13.2. The van der Waals surface area contributed by atoms with E-state index in [1.165, 1.54) is 10.4 Å². The summed E-state index contributed by atoms with van der Waals surface area (Å²) in [5, 5.41) is 11.9. The summed E-state index contributed by atoms with van der Waals surface area (Å²) < 4.78 is 5.10. The number of hydrogen-bond acceptors (Lipinski definition) is 6. The first kappa shape index (κ1) is 29.0. The minimum absolute atomic E-state index is 0.0873. The predicted molar refractivity (Wildman–Crippen MR) is 166 cm³/mol. The Morgan fingerprint density at radius 1 is 1.10 bits per heavy atom. The first-order chi connectivity index (χ1) is 18.8. The number of benzene rings is 2. The number of nitrogens with zero attached hydrogens (tertiary/aromatic N) is 2. The van der Waals surface area contributed by atoms with Gasteiger partial charge in [-0.05, 0) is 28.4 Å². The van der Waals surface area contributed by atoms with Crippen LogP contribution < -0.4 is 26.3 Å². The molecule has 2 aromatic rings. The molecule has 5 rings (SSSR count). The summed E-state index contributed by atoms with van der Waals surface area (Å²) >= 11 is 17.8. The Balaban J connectivity index is 1.59. The molecule has 0 unspecified atom stereocenters. The molecular weight excluding hydrogens is 585 g/mol. The summed E-state index contributed by atoms with van der Waals surface area (Å²) in [6.45, 7) is 13.1. The molecule has 1 fully saturated rings. The number of carbonyl (C=O) groups excluding carboxylic acids is 1. The lowest BCUT2D eigenvalue weighted by Crippen LogP contribution is -2.72. The van der Waals surface area contributed by atoms with Crippen LogP contribution in [0.3, 0.4) is 0 Å². The van der Waals surface area contributed by atoms with Crippen molar-refractivity contribution in [3.05, 3.63) is 85.2 Å². The van der Waals surface area contributed by atoms with Gasteiger partial charge in [0.05, 0.1) is 24.5 Å². The van der Waals surface area contributed by atoms with E-state index in [-0.39, 0.29) is 23.7 Å². The fourth-order valence-electron chi connectivity index (χ4n) is 6.22. The van der Waals surface area contributed by atoms with E-state index in [2.05, 4.69) is 104 Å². The molecule has 0 aliphatic carbocycles. The Morgan fingerprint density at radius 2 is 1.68 bits per heavy atom. The number of nitrogens with one attached hydrogen (secondary N) is 3. The van der Waals surface area contributed by atoms with Gasteiger partial charge in [0.1, 0.15) is 6.04 Å². The molecule has 0 radical (unpaired) electrons. The quantitative estimate of drug-likeness (QED) is 0.270. The number of halogens is 3.